The fourth-order valence-electron chi connectivity index (χ4n) is 2.98. The molecule has 0 spiro atoms. The molecule has 152 valence electrons. The van der Waals surface area contributed by atoms with E-state index >= 15 is 0 Å². The van der Waals surface area contributed by atoms with Crippen molar-refractivity contribution in [3.05, 3.63) is 0 Å². The van der Waals surface area contributed by atoms with Crippen molar-refractivity contribution in [3.8, 4) is 0 Å². The Hall–Kier alpha value is -0.970. The third kappa shape index (κ3) is 3.00. The van der Waals surface area contributed by atoms with Gasteiger partial charge in [0.1, 0.15) is 43.2 Å². The second kappa shape index (κ2) is 7.57. The van der Waals surface area contributed by atoms with Crippen molar-refractivity contribution in [2.24, 2.45) is 0 Å². The van der Waals surface area contributed by atoms with Gasteiger partial charge in [-0.25, -0.2) is 4.79 Å². The lowest BCUT2D eigenvalue weighted by Crippen LogP contribution is -2.68. The summed E-state index contributed by atoms with van der Waals surface area (Å²) in [6.07, 6.45) is -12.9. The first-order valence-electron chi connectivity index (χ1n) is 7.61. The summed E-state index contributed by atoms with van der Waals surface area (Å²) in [5.41, 5.74) is -3.28. The van der Waals surface area contributed by atoms with Crippen LogP contribution < -0.4 is 0 Å². The highest BCUT2D eigenvalue weighted by Gasteiger charge is 2.72. The number of aliphatic carboxylic acids is 1. The van der Waals surface area contributed by atoms with Gasteiger partial charge in [-0.3, -0.25) is 0 Å². The minimum absolute atomic E-state index is 0.817. The molecule has 2 fully saturated rings. The number of hydrogen-bond acceptors (Lipinski definition) is 12. The summed E-state index contributed by atoms with van der Waals surface area (Å²) in [4.78, 5) is 11.5. The Morgan fingerprint density at radius 3 is 2.00 bits per heavy atom. The lowest BCUT2D eigenvalue weighted by Gasteiger charge is -2.44. The zero-order valence-electron chi connectivity index (χ0n) is 13.3. The molecule has 0 aromatic carbocycles. The number of aliphatic hydroxyl groups excluding tert-OH is 7. The maximum absolute atomic E-state index is 11.5. The molecule has 0 saturated carbocycles. The second-order valence-corrected chi connectivity index (χ2v) is 6.08. The topological polar surface area (TPSA) is 227 Å². The molecule has 0 radical (unpaired) electrons. The van der Waals surface area contributed by atoms with Gasteiger partial charge in [-0.2, -0.15) is 0 Å². The number of carboxylic acid groups (broad SMARTS) is 1. The molecule has 0 aliphatic carbocycles. The maximum atomic E-state index is 11.5. The Kier molecular flexibility index (Phi) is 6.21. The fourth-order valence-corrected chi connectivity index (χ4v) is 2.98. The molecule has 0 unspecified atom stereocenters. The van der Waals surface area contributed by atoms with E-state index in [-0.39, 0.29) is 0 Å². The summed E-state index contributed by atoms with van der Waals surface area (Å²) < 4.78 is 15.1. The Bertz CT molecular complexity index is 514. The molecule has 13 nitrogen and oxygen atoms in total. The van der Waals surface area contributed by atoms with Gasteiger partial charge in [0.2, 0.25) is 11.4 Å². The predicted octanol–water partition coefficient (Wildman–Crippen LogP) is -5.94. The number of aliphatic hydroxyl groups is 8. The summed E-state index contributed by atoms with van der Waals surface area (Å²) in [7, 11) is 0. The van der Waals surface area contributed by atoms with Crippen molar-refractivity contribution in [1.82, 2.24) is 0 Å². The van der Waals surface area contributed by atoms with Crippen LogP contribution in [0.2, 0.25) is 0 Å². The molecule has 9 N–H and O–H groups in total. The highest BCUT2D eigenvalue weighted by Crippen LogP contribution is 2.43. The van der Waals surface area contributed by atoms with Gasteiger partial charge in [0.25, 0.3) is 0 Å². The minimum atomic E-state index is -3.28. The number of carboxylic acids is 1. The van der Waals surface area contributed by atoms with Crippen LogP contribution in [0, 0.1) is 0 Å². The standard InChI is InChI=1S/C13H22O13/c14-1-4-6(17)7(18)8(19)10(24-4)26-12(3-16)13(23,11(21)22)9(20)5(2-15)25-12/h4-10,14-20,23H,1-3H2,(H,21,22)/t4-,5-,6-,7+,8-,9-,10-,12+,13-/m1/s1. The molecule has 9 atom stereocenters. The van der Waals surface area contributed by atoms with Gasteiger partial charge in [-0.15, -0.1) is 0 Å². The molecule has 0 aromatic rings. The minimum Gasteiger partial charge on any atom is -0.479 e. The van der Waals surface area contributed by atoms with Crippen LogP contribution in [-0.4, -0.2) is 126 Å². The average Bonchev–Trinajstić information content (AvgIpc) is 2.85. The van der Waals surface area contributed by atoms with Crippen molar-refractivity contribution >= 4 is 5.97 Å². The van der Waals surface area contributed by atoms with Crippen LogP contribution in [-0.2, 0) is 19.0 Å². The number of carbonyl (C=O) groups is 1. The van der Waals surface area contributed by atoms with Crippen LogP contribution in [0.1, 0.15) is 0 Å². The van der Waals surface area contributed by atoms with E-state index in [1.165, 1.54) is 0 Å². The Labute approximate surface area is 146 Å². The summed E-state index contributed by atoms with van der Waals surface area (Å²) >= 11 is 0. The van der Waals surface area contributed by atoms with E-state index in [0.29, 0.717) is 0 Å². The van der Waals surface area contributed by atoms with Gasteiger partial charge >= 0.3 is 5.97 Å². The third-order valence-electron chi connectivity index (χ3n) is 4.57. The second-order valence-electron chi connectivity index (χ2n) is 6.08. The quantitative estimate of drug-likeness (QED) is 0.207. The van der Waals surface area contributed by atoms with Gasteiger partial charge in [-0.1, -0.05) is 0 Å². The summed E-state index contributed by atoms with van der Waals surface area (Å²) in [5, 5.41) is 87.1. The first kappa shape index (κ1) is 21.3. The number of hydrogen-bond donors (Lipinski definition) is 9. The van der Waals surface area contributed by atoms with Gasteiger partial charge in [0.05, 0.1) is 13.2 Å². The van der Waals surface area contributed by atoms with Gasteiger partial charge in [0.15, 0.2) is 6.29 Å². The highest BCUT2D eigenvalue weighted by atomic mass is 16.8. The molecule has 2 aliphatic rings. The van der Waals surface area contributed by atoms with Crippen molar-refractivity contribution in [1.29, 1.82) is 0 Å². The molecule has 2 rings (SSSR count). The van der Waals surface area contributed by atoms with Crippen LogP contribution in [0.15, 0.2) is 0 Å². The Morgan fingerprint density at radius 2 is 1.54 bits per heavy atom. The van der Waals surface area contributed by atoms with Gasteiger partial charge in [0, 0.05) is 0 Å². The zero-order chi connectivity index (χ0) is 19.9. The Morgan fingerprint density at radius 1 is 0.962 bits per heavy atom. The summed E-state index contributed by atoms with van der Waals surface area (Å²) in [5.74, 6) is -4.97. The van der Waals surface area contributed by atoms with Crippen LogP contribution in [0.4, 0.5) is 0 Å². The third-order valence-corrected chi connectivity index (χ3v) is 4.57. The van der Waals surface area contributed by atoms with Crippen LogP contribution in [0.5, 0.6) is 0 Å². The highest BCUT2D eigenvalue weighted by molar-refractivity contribution is 5.80. The Balaban J connectivity index is 2.38. The molecule has 2 saturated heterocycles. The molecule has 0 aromatic heterocycles. The molecule has 2 heterocycles. The van der Waals surface area contributed by atoms with E-state index < -0.39 is 80.1 Å². The lowest BCUT2D eigenvalue weighted by atomic mass is 9.87. The monoisotopic (exact) mass is 386 g/mol. The molecule has 2 aliphatic heterocycles. The molecule has 13 heteroatoms. The van der Waals surface area contributed by atoms with E-state index in [2.05, 4.69) is 0 Å². The lowest BCUT2D eigenvalue weighted by molar-refractivity contribution is -0.394. The molecular formula is C13H22O13. The van der Waals surface area contributed by atoms with Crippen LogP contribution >= 0.6 is 0 Å². The van der Waals surface area contributed by atoms with Crippen molar-refractivity contribution in [3.63, 3.8) is 0 Å². The number of rotatable bonds is 6. The van der Waals surface area contributed by atoms with Gasteiger partial charge in [-0.05, 0) is 0 Å². The van der Waals surface area contributed by atoms with Crippen LogP contribution in [0.3, 0.4) is 0 Å². The van der Waals surface area contributed by atoms with E-state index in [0.717, 1.165) is 0 Å². The first-order chi connectivity index (χ1) is 12.1. The average molecular weight is 386 g/mol. The van der Waals surface area contributed by atoms with Gasteiger partial charge < -0.3 is 60.2 Å². The first-order valence-corrected chi connectivity index (χ1v) is 7.61. The van der Waals surface area contributed by atoms with Crippen molar-refractivity contribution < 1.29 is 65.0 Å². The van der Waals surface area contributed by atoms with Crippen molar-refractivity contribution in [2.75, 3.05) is 19.8 Å². The maximum Gasteiger partial charge on any atom is 0.344 e. The SMILES string of the molecule is O=C(O)[C@]1(O)[C@H](O)[C@@H](CO)O[C@@]1(CO)O[C@H]1O[C@H](CO)[C@@H](O)[C@H](O)[C@H]1O. The summed E-state index contributed by atoms with van der Waals surface area (Å²) in [6, 6.07) is 0. The molecule has 26 heavy (non-hydrogen) atoms. The fraction of sp³-hybridized carbons (Fsp3) is 0.923. The van der Waals surface area contributed by atoms with E-state index in [1.807, 2.05) is 0 Å². The van der Waals surface area contributed by atoms with Crippen molar-refractivity contribution in [2.45, 2.75) is 54.3 Å². The normalized spacial score (nSPS) is 49.3. The number of ether oxygens (including phenoxy) is 3. The van der Waals surface area contributed by atoms with Crippen LogP contribution in [0.25, 0.3) is 0 Å². The molecule has 0 bridgehead atoms. The van der Waals surface area contributed by atoms with E-state index in [9.17, 15) is 45.6 Å². The zero-order valence-corrected chi connectivity index (χ0v) is 13.3. The van der Waals surface area contributed by atoms with E-state index in [1.54, 1.807) is 0 Å². The van der Waals surface area contributed by atoms with E-state index in [4.69, 9.17) is 19.3 Å². The smallest absolute Gasteiger partial charge is 0.344 e. The molecular weight excluding hydrogens is 364 g/mol. The predicted molar refractivity (Wildman–Crippen MR) is 75.2 cm³/mol. The largest absolute Gasteiger partial charge is 0.479 e. The summed E-state index contributed by atoms with van der Waals surface area (Å²) in [6.45, 7) is -3.13. The molecule has 0 amide bonds.